The number of aliphatic hydroxyl groups excluding tert-OH is 1. The van der Waals surface area contributed by atoms with Crippen LogP contribution in [0, 0.1) is 0 Å². The zero-order chi connectivity index (χ0) is 12.9. The summed E-state index contributed by atoms with van der Waals surface area (Å²) < 4.78 is 29.7. The number of hydrogen-bond donors (Lipinski definition) is 2. The maximum absolute atomic E-state index is 10.6. The predicted octanol–water partition coefficient (Wildman–Crippen LogP) is -2.02. The van der Waals surface area contributed by atoms with Gasteiger partial charge in [0.25, 0.3) is 10.1 Å². The Bertz CT molecular complexity index is 315. The molecule has 0 aromatic rings. The van der Waals surface area contributed by atoms with Gasteiger partial charge in [0.15, 0.2) is 0 Å². The van der Waals surface area contributed by atoms with Crippen LogP contribution in [0.4, 0.5) is 0 Å². The third-order valence-corrected chi connectivity index (χ3v) is 3.32. The summed E-state index contributed by atoms with van der Waals surface area (Å²) >= 11 is 0. The van der Waals surface area contributed by atoms with Gasteiger partial charge in [-0.05, 0) is 6.92 Å². The minimum absolute atomic E-state index is 0. The molecular formula is C9H22N2O6S. The standard InChI is InChI=1S/C9H20N2O5S.H2O/c1-2-16-11-5-3-10(4-6-11)7-9(12)8-17(13,14)15;/h9,12H,2-8H2,1H3,(H,13,14,15);1H2. The highest BCUT2D eigenvalue weighted by Crippen LogP contribution is 2.04. The van der Waals surface area contributed by atoms with Crippen molar-refractivity contribution in [2.24, 2.45) is 0 Å². The number of piperazine rings is 1. The van der Waals surface area contributed by atoms with Gasteiger partial charge in [-0.1, -0.05) is 0 Å². The average molecular weight is 286 g/mol. The van der Waals surface area contributed by atoms with Gasteiger partial charge in [-0.3, -0.25) is 14.3 Å². The third kappa shape index (κ3) is 7.21. The first-order valence-electron chi connectivity index (χ1n) is 5.64. The maximum atomic E-state index is 10.6. The van der Waals surface area contributed by atoms with Crippen molar-refractivity contribution in [2.45, 2.75) is 13.0 Å². The molecule has 0 amide bonds. The van der Waals surface area contributed by atoms with Gasteiger partial charge in [0.1, 0.15) is 5.75 Å². The summed E-state index contributed by atoms with van der Waals surface area (Å²) in [6.07, 6.45) is -1.05. The van der Waals surface area contributed by atoms with E-state index in [1.165, 1.54) is 0 Å². The zero-order valence-electron chi connectivity index (χ0n) is 10.4. The molecule has 1 aliphatic rings. The molecule has 110 valence electrons. The molecule has 0 saturated carbocycles. The van der Waals surface area contributed by atoms with Gasteiger partial charge in [-0.25, -0.2) is 0 Å². The second-order valence-corrected chi connectivity index (χ2v) is 5.55. The molecule has 0 bridgehead atoms. The molecule has 0 aromatic carbocycles. The van der Waals surface area contributed by atoms with Crippen molar-refractivity contribution in [3.63, 3.8) is 0 Å². The topological polar surface area (TPSA) is 122 Å². The monoisotopic (exact) mass is 286 g/mol. The van der Waals surface area contributed by atoms with Crippen LogP contribution in [0.2, 0.25) is 0 Å². The van der Waals surface area contributed by atoms with Crippen LogP contribution in [0.3, 0.4) is 0 Å². The van der Waals surface area contributed by atoms with Gasteiger partial charge < -0.3 is 10.6 Å². The molecule has 9 heteroatoms. The molecule has 8 nitrogen and oxygen atoms in total. The van der Waals surface area contributed by atoms with E-state index in [2.05, 4.69) is 0 Å². The molecule has 18 heavy (non-hydrogen) atoms. The normalized spacial score (nSPS) is 20.4. The molecule has 1 heterocycles. The lowest BCUT2D eigenvalue weighted by Gasteiger charge is -2.34. The lowest BCUT2D eigenvalue weighted by Crippen LogP contribution is -2.49. The van der Waals surface area contributed by atoms with Gasteiger partial charge in [0.2, 0.25) is 0 Å². The van der Waals surface area contributed by atoms with E-state index in [0.717, 1.165) is 13.1 Å². The highest BCUT2D eigenvalue weighted by Gasteiger charge is 2.21. The lowest BCUT2D eigenvalue weighted by atomic mass is 10.3. The Morgan fingerprint density at radius 1 is 1.28 bits per heavy atom. The second-order valence-electron chi connectivity index (χ2n) is 4.05. The van der Waals surface area contributed by atoms with Crippen LogP contribution >= 0.6 is 0 Å². The first kappa shape index (κ1) is 17.7. The van der Waals surface area contributed by atoms with E-state index >= 15 is 0 Å². The maximum Gasteiger partial charge on any atom is 0.267 e. The van der Waals surface area contributed by atoms with Crippen LogP contribution in [0.5, 0.6) is 0 Å². The Balaban J connectivity index is 0.00000289. The molecule has 1 fully saturated rings. The van der Waals surface area contributed by atoms with Crippen LogP contribution in [0.1, 0.15) is 6.92 Å². The molecule has 1 atom stereocenters. The van der Waals surface area contributed by atoms with Crippen molar-refractivity contribution < 1.29 is 28.4 Å². The summed E-state index contributed by atoms with van der Waals surface area (Å²) in [5, 5.41) is 11.3. The molecule has 0 spiro atoms. The van der Waals surface area contributed by atoms with Crippen LogP contribution < -0.4 is 0 Å². The lowest BCUT2D eigenvalue weighted by molar-refractivity contribution is -0.173. The minimum Gasteiger partial charge on any atom is -0.412 e. The molecule has 1 rings (SSSR count). The molecule has 0 aliphatic carbocycles. The Labute approximate surface area is 107 Å². The predicted molar refractivity (Wildman–Crippen MR) is 65.7 cm³/mol. The SMILES string of the molecule is CCON1CCN(CC(O)CS(=O)(=O)O)CC1.O. The quantitative estimate of drug-likeness (QED) is 0.540. The number of β-amino-alcohol motifs (C(OH)–C–C–N with tert-alkyl or cyclic N) is 1. The Hall–Kier alpha value is -0.290. The summed E-state index contributed by atoms with van der Waals surface area (Å²) in [4.78, 5) is 7.27. The van der Waals surface area contributed by atoms with E-state index in [4.69, 9.17) is 9.39 Å². The molecule has 4 N–H and O–H groups in total. The Morgan fingerprint density at radius 3 is 2.28 bits per heavy atom. The van der Waals surface area contributed by atoms with Crippen molar-refractivity contribution in [1.82, 2.24) is 9.96 Å². The van der Waals surface area contributed by atoms with E-state index < -0.39 is 22.0 Å². The summed E-state index contributed by atoms with van der Waals surface area (Å²) in [6.45, 7) is 5.68. The summed E-state index contributed by atoms with van der Waals surface area (Å²) in [5.41, 5.74) is 0. The van der Waals surface area contributed by atoms with Crippen LogP contribution in [0.25, 0.3) is 0 Å². The fraction of sp³-hybridized carbons (Fsp3) is 1.00. The van der Waals surface area contributed by atoms with Crippen LogP contribution in [0.15, 0.2) is 0 Å². The average Bonchev–Trinajstić information content (AvgIpc) is 2.18. The van der Waals surface area contributed by atoms with E-state index in [0.29, 0.717) is 19.7 Å². The third-order valence-electron chi connectivity index (χ3n) is 2.51. The number of rotatable bonds is 6. The summed E-state index contributed by atoms with van der Waals surface area (Å²) in [5.74, 6) is -0.612. The largest absolute Gasteiger partial charge is 0.412 e. The van der Waals surface area contributed by atoms with E-state index in [1.54, 1.807) is 0 Å². The fourth-order valence-corrected chi connectivity index (χ4v) is 2.41. The van der Waals surface area contributed by atoms with Gasteiger partial charge >= 0.3 is 0 Å². The van der Waals surface area contributed by atoms with Gasteiger partial charge in [-0.2, -0.15) is 13.5 Å². The van der Waals surface area contributed by atoms with Crippen molar-refractivity contribution in [1.29, 1.82) is 0 Å². The number of aliphatic hydroxyl groups is 1. The highest BCUT2D eigenvalue weighted by atomic mass is 32.2. The van der Waals surface area contributed by atoms with Crippen LogP contribution in [-0.4, -0.2) is 84.7 Å². The van der Waals surface area contributed by atoms with Gasteiger partial charge in [0.05, 0.1) is 12.7 Å². The van der Waals surface area contributed by atoms with Crippen molar-refractivity contribution >= 4 is 10.1 Å². The Morgan fingerprint density at radius 2 is 1.83 bits per heavy atom. The number of hydroxylamine groups is 2. The molecular weight excluding hydrogens is 264 g/mol. The van der Waals surface area contributed by atoms with Crippen LogP contribution in [-0.2, 0) is 15.0 Å². The Kier molecular flexibility index (Phi) is 7.87. The van der Waals surface area contributed by atoms with Crippen molar-refractivity contribution in [2.75, 3.05) is 45.1 Å². The van der Waals surface area contributed by atoms with E-state index in [-0.39, 0.29) is 12.0 Å². The highest BCUT2D eigenvalue weighted by molar-refractivity contribution is 7.85. The van der Waals surface area contributed by atoms with Crippen molar-refractivity contribution in [3.05, 3.63) is 0 Å². The number of nitrogens with zero attached hydrogens (tertiary/aromatic N) is 2. The van der Waals surface area contributed by atoms with Gasteiger partial charge in [0, 0.05) is 32.7 Å². The molecule has 1 saturated heterocycles. The van der Waals surface area contributed by atoms with Gasteiger partial charge in [-0.15, -0.1) is 0 Å². The minimum atomic E-state index is -4.11. The fourth-order valence-electron chi connectivity index (χ4n) is 1.82. The zero-order valence-corrected chi connectivity index (χ0v) is 11.3. The molecule has 1 aliphatic heterocycles. The first-order chi connectivity index (χ1) is 7.90. The van der Waals surface area contributed by atoms with E-state index in [9.17, 15) is 13.5 Å². The molecule has 0 radical (unpaired) electrons. The molecule has 1 unspecified atom stereocenters. The van der Waals surface area contributed by atoms with Crippen molar-refractivity contribution in [3.8, 4) is 0 Å². The number of hydrogen-bond acceptors (Lipinski definition) is 6. The molecule has 0 aromatic heterocycles. The summed E-state index contributed by atoms with van der Waals surface area (Å²) in [7, 11) is -4.11. The smallest absolute Gasteiger partial charge is 0.267 e. The van der Waals surface area contributed by atoms with E-state index in [1.807, 2.05) is 16.9 Å². The first-order valence-corrected chi connectivity index (χ1v) is 7.25. The summed E-state index contributed by atoms with van der Waals surface area (Å²) in [6, 6.07) is 0. The second kappa shape index (κ2) is 8.00.